The molecule has 4 N–H and O–H groups in total. The number of nitrogens with two attached hydrogens (primary N) is 2. The van der Waals surface area contributed by atoms with Crippen molar-refractivity contribution in [2.45, 2.75) is 5.16 Å². The first-order valence-electron chi connectivity index (χ1n) is 5.59. The average Bonchev–Trinajstić information content (AvgIpc) is 2.34. The first-order valence-corrected chi connectivity index (χ1v) is 6.57. The lowest BCUT2D eigenvalue weighted by atomic mass is 10.4. The Morgan fingerprint density at radius 3 is 2.26 bits per heavy atom. The Kier molecular flexibility index (Phi) is 5.87. The number of carbonyl (C=O) groups excluding carboxylic acids is 1. The zero-order chi connectivity index (χ0) is 14.3. The average molecular weight is 279 g/mol. The van der Waals surface area contributed by atoms with Gasteiger partial charge in [-0.1, -0.05) is 23.9 Å². The summed E-state index contributed by atoms with van der Waals surface area (Å²) in [5, 5.41) is 0.392. The first-order chi connectivity index (χ1) is 9.06. The highest BCUT2D eigenvalue weighted by Crippen LogP contribution is 2.16. The van der Waals surface area contributed by atoms with Gasteiger partial charge in [-0.2, -0.15) is 0 Å². The molecule has 0 aliphatic rings. The van der Waals surface area contributed by atoms with E-state index in [1.165, 1.54) is 17.8 Å². The third-order valence-electron chi connectivity index (χ3n) is 2.12. The Bertz CT molecular complexity index is 447. The highest BCUT2D eigenvalue weighted by atomic mass is 32.2. The third-order valence-corrected chi connectivity index (χ3v) is 2.95. The molecule has 0 aliphatic carbocycles. The van der Waals surface area contributed by atoms with Gasteiger partial charge in [0.15, 0.2) is 5.16 Å². The molecule has 0 saturated carbocycles. The molecule has 1 rings (SSSR count). The van der Waals surface area contributed by atoms with Crippen molar-refractivity contribution in [2.24, 2.45) is 0 Å². The van der Waals surface area contributed by atoms with E-state index in [2.05, 4.69) is 23.1 Å². The van der Waals surface area contributed by atoms with E-state index < -0.39 is 0 Å². The van der Waals surface area contributed by atoms with Crippen molar-refractivity contribution >= 4 is 29.3 Å². The molecule has 0 aliphatic heterocycles. The minimum Gasteiger partial charge on any atom is -0.383 e. The molecule has 7 heteroatoms. The van der Waals surface area contributed by atoms with Gasteiger partial charge in [-0.25, -0.2) is 9.97 Å². The van der Waals surface area contributed by atoms with Crippen molar-refractivity contribution in [3.63, 3.8) is 0 Å². The fraction of sp³-hybridized carbons (Fsp3) is 0.250. The van der Waals surface area contributed by atoms with Crippen LogP contribution in [0.4, 0.5) is 11.6 Å². The molecule has 0 saturated heterocycles. The van der Waals surface area contributed by atoms with Crippen LogP contribution in [0, 0.1) is 0 Å². The minimum atomic E-state index is -0.0469. The van der Waals surface area contributed by atoms with Crippen molar-refractivity contribution in [3.8, 4) is 0 Å². The molecule has 102 valence electrons. The van der Waals surface area contributed by atoms with Crippen LogP contribution in [0.5, 0.6) is 0 Å². The van der Waals surface area contributed by atoms with E-state index in [0.29, 0.717) is 18.2 Å². The Morgan fingerprint density at radius 2 is 1.79 bits per heavy atom. The fourth-order valence-electron chi connectivity index (χ4n) is 1.33. The second-order valence-electron chi connectivity index (χ2n) is 3.66. The van der Waals surface area contributed by atoms with Gasteiger partial charge in [-0.3, -0.25) is 4.79 Å². The fourth-order valence-corrected chi connectivity index (χ4v) is 2.11. The lowest BCUT2D eigenvalue weighted by molar-refractivity contribution is -0.127. The van der Waals surface area contributed by atoms with E-state index in [0.717, 1.165) is 0 Å². The van der Waals surface area contributed by atoms with Crippen LogP contribution in [0.2, 0.25) is 0 Å². The maximum Gasteiger partial charge on any atom is 0.233 e. The standard InChI is InChI=1S/C12H17N5OS/c1-3-5-17(6-4-2)11(18)8-19-12-15-9(13)7-10(14)16-12/h3-4,7H,1-2,5-6,8H2,(H4,13,14,15,16). The van der Waals surface area contributed by atoms with Crippen molar-refractivity contribution in [2.75, 3.05) is 30.3 Å². The maximum absolute atomic E-state index is 12.0. The van der Waals surface area contributed by atoms with Gasteiger partial charge >= 0.3 is 0 Å². The molecule has 0 unspecified atom stereocenters. The highest BCUT2D eigenvalue weighted by molar-refractivity contribution is 7.99. The zero-order valence-electron chi connectivity index (χ0n) is 10.6. The molecule has 1 aromatic heterocycles. The number of nitrogen functional groups attached to an aromatic ring is 2. The van der Waals surface area contributed by atoms with Crippen LogP contribution in [0.25, 0.3) is 0 Å². The number of hydrogen-bond donors (Lipinski definition) is 2. The lowest BCUT2D eigenvalue weighted by Crippen LogP contribution is -2.32. The number of rotatable bonds is 7. The normalized spacial score (nSPS) is 9.89. The van der Waals surface area contributed by atoms with Crippen LogP contribution >= 0.6 is 11.8 Å². The molecule has 0 fully saturated rings. The monoisotopic (exact) mass is 279 g/mol. The number of nitrogens with zero attached hydrogens (tertiary/aromatic N) is 3. The number of amides is 1. The summed E-state index contributed by atoms with van der Waals surface area (Å²) in [5.74, 6) is 0.743. The van der Waals surface area contributed by atoms with E-state index in [-0.39, 0.29) is 23.3 Å². The largest absolute Gasteiger partial charge is 0.383 e. The number of carbonyl (C=O) groups is 1. The summed E-state index contributed by atoms with van der Waals surface area (Å²) in [7, 11) is 0. The van der Waals surface area contributed by atoms with Crippen LogP contribution in [0.3, 0.4) is 0 Å². The van der Waals surface area contributed by atoms with E-state index in [4.69, 9.17) is 11.5 Å². The van der Waals surface area contributed by atoms with Crippen LogP contribution in [0.1, 0.15) is 0 Å². The van der Waals surface area contributed by atoms with Crippen molar-refractivity contribution < 1.29 is 4.79 Å². The van der Waals surface area contributed by atoms with Crippen molar-refractivity contribution in [1.29, 1.82) is 0 Å². The molecule has 0 aromatic carbocycles. The van der Waals surface area contributed by atoms with Crippen LogP contribution in [0.15, 0.2) is 36.5 Å². The lowest BCUT2D eigenvalue weighted by Gasteiger charge is -2.18. The predicted molar refractivity (Wildman–Crippen MR) is 78.6 cm³/mol. The summed E-state index contributed by atoms with van der Waals surface area (Å²) in [6.45, 7) is 8.18. The second kappa shape index (κ2) is 7.42. The minimum absolute atomic E-state index is 0.0469. The van der Waals surface area contributed by atoms with E-state index in [9.17, 15) is 4.79 Å². The molecule has 19 heavy (non-hydrogen) atoms. The quantitative estimate of drug-likeness (QED) is 0.438. The van der Waals surface area contributed by atoms with Gasteiger partial charge in [-0.05, 0) is 0 Å². The molecule has 1 amide bonds. The number of thioether (sulfide) groups is 1. The van der Waals surface area contributed by atoms with E-state index in [1.54, 1.807) is 17.1 Å². The Morgan fingerprint density at radius 1 is 1.26 bits per heavy atom. The Labute approximate surface area is 116 Å². The summed E-state index contributed by atoms with van der Waals surface area (Å²) in [6.07, 6.45) is 3.34. The zero-order valence-corrected chi connectivity index (χ0v) is 11.4. The second-order valence-corrected chi connectivity index (χ2v) is 4.61. The SMILES string of the molecule is C=CCN(CC=C)C(=O)CSc1nc(N)cc(N)n1. The van der Waals surface area contributed by atoms with Gasteiger partial charge < -0.3 is 16.4 Å². The van der Waals surface area contributed by atoms with Crippen LogP contribution < -0.4 is 11.5 Å². The van der Waals surface area contributed by atoms with E-state index in [1.807, 2.05) is 0 Å². The van der Waals surface area contributed by atoms with Gasteiger partial charge in [0.25, 0.3) is 0 Å². The van der Waals surface area contributed by atoms with Gasteiger partial charge in [0.05, 0.1) is 5.75 Å². The molecule has 0 bridgehead atoms. The Balaban J connectivity index is 2.61. The van der Waals surface area contributed by atoms with Gasteiger partial charge in [-0.15, -0.1) is 13.2 Å². The molecular weight excluding hydrogens is 262 g/mol. The summed E-state index contributed by atoms with van der Waals surface area (Å²) in [6, 6.07) is 1.47. The molecule has 1 aromatic rings. The number of hydrogen-bond acceptors (Lipinski definition) is 6. The summed E-state index contributed by atoms with van der Waals surface area (Å²) in [4.78, 5) is 21.6. The van der Waals surface area contributed by atoms with Gasteiger partial charge in [0.1, 0.15) is 11.6 Å². The molecule has 1 heterocycles. The third kappa shape index (κ3) is 5.01. The van der Waals surface area contributed by atoms with Crippen LogP contribution in [-0.4, -0.2) is 39.6 Å². The summed E-state index contributed by atoms with van der Waals surface area (Å²) >= 11 is 1.19. The first kappa shape index (κ1) is 15.0. The van der Waals surface area contributed by atoms with Crippen molar-refractivity contribution in [1.82, 2.24) is 14.9 Å². The van der Waals surface area contributed by atoms with Crippen LogP contribution in [-0.2, 0) is 4.79 Å². The van der Waals surface area contributed by atoms with Gasteiger partial charge in [0, 0.05) is 19.2 Å². The Hall–Kier alpha value is -2.02. The van der Waals surface area contributed by atoms with Gasteiger partial charge in [0.2, 0.25) is 5.91 Å². The molecule has 0 radical (unpaired) electrons. The molecule has 0 spiro atoms. The number of anilines is 2. The molecule has 0 atom stereocenters. The smallest absolute Gasteiger partial charge is 0.233 e. The van der Waals surface area contributed by atoms with Crippen molar-refractivity contribution in [3.05, 3.63) is 31.4 Å². The number of aromatic nitrogens is 2. The molecular formula is C12H17N5OS. The topological polar surface area (TPSA) is 98.1 Å². The van der Waals surface area contributed by atoms with E-state index >= 15 is 0 Å². The predicted octanol–water partition coefficient (Wildman–Crippen LogP) is 0.934. The summed E-state index contributed by atoms with van der Waals surface area (Å²) in [5.41, 5.74) is 11.1. The molecule has 6 nitrogen and oxygen atoms in total. The maximum atomic E-state index is 12.0. The summed E-state index contributed by atoms with van der Waals surface area (Å²) < 4.78 is 0. The highest BCUT2D eigenvalue weighted by Gasteiger charge is 2.12.